The van der Waals surface area contributed by atoms with Gasteiger partial charge in [0.1, 0.15) is 0 Å². The molecule has 0 radical (unpaired) electrons. The summed E-state index contributed by atoms with van der Waals surface area (Å²) in [5, 5.41) is 0. The Bertz CT molecular complexity index is 560. The maximum absolute atomic E-state index is 12.3. The first-order valence-electron chi connectivity index (χ1n) is 6.95. The highest BCUT2D eigenvalue weighted by Gasteiger charge is 2.30. The minimum atomic E-state index is -3.31. The van der Waals surface area contributed by atoms with Crippen LogP contribution < -0.4 is 4.72 Å². The van der Waals surface area contributed by atoms with Crippen molar-refractivity contribution in [3.05, 3.63) is 35.4 Å². The van der Waals surface area contributed by atoms with Crippen molar-refractivity contribution in [3.63, 3.8) is 0 Å². The molecule has 1 aliphatic heterocycles. The monoisotopic (exact) mass is 297 g/mol. The van der Waals surface area contributed by atoms with E-state index in [0.717, 1.165) is 17.5 Å². The van der Waals surface area contributed by atoms with Gasteiger partial charge >= 0.3 is 0 Å². The molecule has 1 aromatic carbocycles. The van der Waals surface area contributed by atoms with Crippen molar-refractivity contribution in [1.82, 2.24) is 4.72 Å². The molecular weight excluding hydrogens is 274 g/mol. The number of benzene rings is 1. The van der Waals surface area contributed by atoms with Crippen LogP contribution in [0.5, 0.6) is 0 Å². The van der Waals surface area contributed by atoms with Gasteiger partial charge in [-0.25, -0.2) is 13.1 Å². The van der Waals surface area contributed by atoms with Crippen LogP contribution in [0.1, 0.15) is 31.4 Å². The highest BCUT2D eigenvalue weighted by Crippen LogP contribution is 2.23. The highest BCUT2D eigenvalue weighted by atomic mass is 32.2. The van der Waals surface area contributed by atoms with E-state index in [1.54, 1.807) is 0 Å². The molecule has 1 fully saturated rings. The Morgan fingerprint density at radius 2 is 2.15 bits per heavy atom. The van der Waals surface area contributed by atoms with Crippen molar-refractivity contribution in [2.24, 2.45) is 5.92 Å². The molecule has 112 valence electrons. The van der Waals surface area contributed by atoms with Crippen LogP contribution in [0, 0.1) is 12.8 Å². The third kappa shape index (κ3) is 4.04. The standard InChI is InChI=1S/C15H23NO3S/c1-12-5-4-6-14(9-12)15(2,3)16-20(17,18)11-13-7-8-19-10-13/h4-6,9,13,16H,7-8,10-11H2,1-3H3. The molecule has 1 atom stereocenters. The van der Waals surface area contributed by atoms with E-state index in [1.807, 2.05) is 45.0 Å². The Labute approximate surface area is 121 Å². The normalized spacial score (nSPS) is 20.2. The van der Waals surface area contributed by atoms with Gasteiger partial charge in [0.2, 0.25) is 10.0 Å². The van der Waals surface area contributed by atoms with E-state index < -0.39 is 15.6 Å². The number of aryl methyl sites for hydroxylation is 1. The van der Waals surface area contributed by atoms with Crippen molar-refractivity contribution >= 4 is 10.0 Å². The molecule has 0 spiro atoms. The predicted molar refractivity (Wildman–Crippen MR) is 80.1 cm³/mol. The first kappa shape index (κ1) is 15.5. The molecule has 20 heavy (non-hydrogen) atoms. The Morgan fingerprint density at radius 3 is 2.75 bits per heavy atom. The number of ether oxygens (including phenoxy) is 1. The Balaban J connectivity index is 2.10. The second-order valence-electron chi connectivity index (χ2n) is 6.11. The number of rotatable bonds is 5. The highest BCUT2D eigenvalue weighted by molar-refractivity contribution is 7.89. The van der Waals surface area contributed by atoms with Gasteiger partial charge < -0.3 is 4.74 Å². The molecule has 0 aromatic heterocycles. The van der Waals surface area contributed by atoms with Crippen LogP contribution in [0.25, 0.3) is 0 Å². The van der Waals surface area contributed by atoms with Gasteiger partial charge in [0.15, 0.2) is 0 Å². The Morgan fingerprint density at radius 1 is 1.40 bits per heavy atom. The van der Waals surface area contributed by atoms with Crippen LogP contribution in [-0.2, 0) is 20.3 Å². The zero-order valence-electron chi connectivity index (χ0n) is 12.3. The lowest BCUT2D eigenvalue weighted by molar-refractivity contribution is 0.188. The minimum Gasteiger partial charge on any atom is -0.381 e. The van der Waals surface area contributed by atoms with Gasteiger partial charge in [-0.15, -0.1) is 0 Å². The van der Waals surface area contributed by atoms with E-state index in [1.165, 1.54) is 0 Å². The van der Waals surface area contributed by atoms with Crippen LogP contribution >= 0.6 is 0 Å². The van der Waals surface area contributed by atoms with Crippen molar-refractivity contribution in [2.75, 3.05) is 19.0 Å². The fourth-order valence-corrected chi connectivity index (χ4v) is 4.41. The van der Waals surface area contributed by atoms with E-state index in [9.17, 15) is 8.42 Å². The SMILES string of the molecule is Cc1cccc(C(C)(C)NS(=O)(=O)CC2CCOC2)c1. The molecule has 0 bridgehead atoms. The second kappa shape index (κ2) is 5.84. The van der Waals surface area contributed by atoms with Crippen LogP contribution in [-0.4, -0.2) is 27.4 Å². The lowest BCUT2D eigenvalue weighted by Gasteiger charge is -2.27. The van der Waals surface area contributed by atoms with Gasteiger partial charge in [-0.3, -0.25) is 0 Å². The molecule has 0 aliphatic carbocycles. The van der Waals surface area contributed by atoms with E-state index in [2.05, 4.69) is 4.72 Å². The van der Waals surface area contributed by atoms with Gasteiger partial charge in [0, 0.05) is 6.61 Å². The maximum atomic E-state index is 12.3. The third-order valence-electron chi connectivity index (χ3n) is 3.63. The summed E-state index contributed by atoms with van der Waals surface area (Å²) in [7, 11) is -3.31. The molecular formula is C15H23NO3S. The molecule has 0 amide bonds. The number of hydrogen-bond donors (Lipinski definition) is 1. The van der Waals surface area contributed by atoms with Crippen LogP contribution in [0.2, 0.25) is 0 Å². The smallest absolute Gasteiger partial charge is 0.212 e. The van der Waals surface area contributed by atoms with Gasteiger partial charge in [-0.2, -0.15) is 0 Å². The Hall–Kier alpha value is -0.910. The van der Waals surface area contributed by atoms with Crippen molar-refractivity contribution in [3.8, 4) is 0 Å². The topological polar surface area (TPSA) is 55.4 Å². The second-order valence-corrected chi connectivity index (χ2v) is 7.87. The van der Waals surface area contributed by atoms with Gasteiger partial charge in [-0.1, -0.05) is 29.8 Å². The lowest BCUT2D eigenvalue weighted by atomic mass is 9.94. The minimum absolute atomic E-state index is 0.112. The summed E-state index contributed by atoms with van der Waals surface area (Å²) in [6.45, 7) is 7.01. The zero-order valence-corrected chi connectivity index (χ0v) is 13.2. The molecule has 1 heterocycles. The zero-order chi connectivity index (χ0) is 14.8. The van der Waals surface area contributed by atoms with E-state index in [0.29, 0.717) is 13.2 Å². The van der Waals surface area contributed by atoms with Crippen LogP contribution in [0.15, 0.2) is 24.3 Å². The van der Waals surface area contributed by atoms with Crippen molar-refractivity contribution < 1.29 is 13.2 Å². The fourth-order valence-electron chi connectivity index (χ4n) is 2.55. The van der Waals surface area contributed by atoms with Gasteiger partial charge in [-0.05, 0) is 38.7 Å². The quantitative estimate of drug-likeness (QED) is 0.906. The molecule has 1 saturated heterocycles. The molecule has 1 aliphatic rings. The van der Waals surface area contributed by atoms with Crippen molar-refractivity contribution in [2.45, 2.75) is 32.7 Å². The van der Waals surface area contributed by atoms with Crippen LogP contribution in [0.4, 0.5) is 0 Å². The van der Waals surface area contributed by atoms with E-state index in [-0.39, 0.29) is 11.7 Å². The summed E-state index contributed by atoms with van der Waals surface area (Å²) in [6.07, 6.45) is 0.825. The first-order chi connectivity index (χ1) is 9.28. The Kier molecular flexibility index (Phi) is 4.52. The summed E-state index contributed by atoms with van der Waals surface area (Å²) in [5.41, 5.74) is 1.49. The third-order valence-corrected chi connectivity index (χ3v) is 5.36. The van der Waals surface area contributed by atoms with Crippen LogP contribution in [0.3, 0.4) is 0 Å². The van der Waals surface area contributed by atoms with Gasteiger partial charge in [0.05, 0.1) is 17.9 Å². The summed E-state index contributed by atoms with van der Waals surface area (Å²) >= 11 is 0. The van der Waals surface area contributed by atoms with Crippen molar-refractivity contribution in [1.29, 1.82) is 0 Å². The maximum Gasteiger partial charge on any atom is 0.212 e. The number of nitrogens with one attached hydrogen (secondary N) is 1. The number of sulfonamides is 1. The lowest BCUT2D eigenvalue weighted by Crippen LogP contribution is -2.43. The molecule has 1 aromatic rings. The molecule has 0 saturated carbocycles. The summed E-state index contributed by atoms with van der Waals surface area (Å²) in [5.74, 6) is 0.253. The first-order valence-corrected chi connectivity index (χ1v) is 8.60. The average molecular weight is 297 g/mol. The summed E-state index contributed by atoms with van der Waals surface area (Å²) in [6, 6.07) is 7.92. The van der Waals surface area contributed by atoms with E-state index >= 15 is 0 Å². The molecule has 4 nitrogen and oxygen atoms in total. The summed E-state index contributed by atoms with van der Waals surface area (Å²) in [4.78, 5) is 0. The largest absolute Gasteiger partial charge is 0.381 e. The van der Waals surface area contributed by atoms with Gasteiger partial charge in [0.25, 0.3) is 0 Å². The van der Waals surface area contributed by atoms with E-state index in [4.69, 9.17) is 4.74 Å². The summed E-state index contributed by atoms with van der Waals surface area (Å²) < 4.78 is 32.6. The molecule has 1 unspecified atom stereocenters. The predicted octanol–water partition coefficient (Wildman–Crippen LogP) is 2.19. The number of hydrogen-bond acceptors (Lipinski definition) is 3. The molecule has 1 N–H and O–H groups in total. The molecule has 5 heteroatoms. The molecule has 2 rings (SSSR count). The fraction of sp³-hybridized carbons (Fsp3) is 0.600. The average Bonchev–Trinajstić information content (AvgIpc) is 2.79.